The lowest BCUT2D eigenvalue weighted by Gasteiger charge is -2.25. The van der Waals surface area contributed by atoms with Gasteiger partial charge in [0.2, 0.25) is 5.91 Å². The molecule has 1 amide bonds. The van der Waals surface area contributed by atoms with Crippen LogP contribution in [0.25, 0.3) is 10.9 Å². The van der Waals surface area contributed by atoms with Crippen LogP contribution in [0.5, 0.6) is 0 Å². The van der Waals surface area contributed by atoms with Gasteiger partial charge in [-0.25, -0.2) is 0 Å². The van der Waals surface area contributed by atoms with Crippen LogP contribution >= 0.6 is 22.6 Å². The summed E-state index contributed by atoms with van der Waals surface area (Å²) in [4.78, 5) is 20.3. The van der Waals surface area contributed by atoms with E-state index in [0.717, 1.165) is 60.9 Å². The fourth-order valence-corrected chi connectivity index (χ4v) is 5.21. The van der Waals surface area contributed by atoms with Crippen LogP contribution in [-0.4, -0.2) is 28.9 Å². The molecule has 5 heteroatoms. The van der Waals surface area contributed by atoms with Crippen molar-refractivity contribution in [2.24, 2.45) is 5.92 Å². The van der Waals surface area contributed by atoms with E-state index >= 15 is 0 Å². The summed E-state index contributed by atoms with van der Waals surface area (Å²) in [5.41, 5.74) is 2.94. The number of hydrogen-bond acceptors (Lipinski definition) is 3. The Kier molecular flexibility index (Phi) is 10.4. The number of unbranched alkanes of at least 4 members (excludes halogenated alkanes) is 1. The summed E-state index contributed by atoms with van der Waals surface area (Å²) in [5, 5.41) is 4.41. The first kappa shape index (κ1) is 24.3. The number of anilines is 2. The Morgan fingerprint density at radius 3 is 2.35 bits per heavy atom. The molecular formula is C26H38IN3O. The topological polar surface area (TPSA) is 45.2 Å². The number of carbonyl (C=O) groups is 1. The predicted octanol–water partition coefficient (Wildman–Crippen LogP) is 7.36. The van der Waals surface area contributed by atoms with Crippen molar-refractivity contribution in [3.05, 3.63) is 30.5 Å². The van der Waals surface area contributed by atoms with Crippen LogP contribution in [-0.2, 0) is 4.79 Å². The Hall–Kier alpha value is -1.37. The molecule has 0 atom stereocenters. The minimum absolute atomic E-state index is 0.113. The third-order valence-electron chi connectivity index (χ3n) is 6.49. The number of halogens is 1. The van der Waals surface area contributed by atoms with Gasteiger partial charge in [0.15, 0.2) is 0 Å². The second kappa shape index (κ2) is 13.2. The van der Waals surface area contributed by atoms with Crippen molar-refractivity contribution in [3.8, 4) is 0 Å². The van der Waals surface area contributed by atoms with E-state index in [1.54, 1.807) is 0 Å². The molecule has 1 fully saturated rings. The number of rotatable bonds is 7. The standard InChI is InChI=1S/C26H38IN3O/c1-30(19-13-12-18-27)25-22-16-10-11-17-23(22)28-20-24(25)29-26(31)21-14-8-6-4-2-3-5-7-9-15-21/h10-11,16-17,20-21H,2-9,12-15,18-19H2,1H3,(H,29,31). The van der Waals surface area contributed by atoms with Gasteiger partial charge < -0.3 is 10.2 Å². The minimum Gasteiger partial charge on any atom is -0.372 e. The number of pyridine rings is 1. The molecule has 0 spiro atoms. The lowest BCUT2D eigenvalue weighted by atomic mass is 9.94. The van der Waals surface area contributed by atoms with E-state index < -0.39 is 0 Å². The van der Waals surface area contributed by atoms with Gasteiger partial charge >= 0.3 is 0 Å². The molecule has 1 aromatic carbocycles. The Labute approximate surface area is 201 Å². The molecule has 1 aromatic heterocycles. The Morgan fingerprint density at radius 1 is 1.03 bits per heavy atom. The number of alkyl halides is 1. The lowest BCUT2D eigenvalue weighted by molar-refractivity contribution is -0.120. The summed E-state index contributed by atoms with van der Waals surface area (Å²) in [6.07, 6.45) is 16.4. The van der Waals surface area contributed by atoms with Gasteiger partial charge in [-0.15, -0.1) is 0 Å². The van der Waals surface area contributed by atoms with E-state index in [2.05, 4.69) is 57.0 Å². The maximum absolute atomic E-state index is 13.3. The zero-order chi connectivity index (χ0) is 21.9. The van der Waals surface area contributed by atoms with Gasteiger partial charge in [-0.1, -0.05) is 92.2 Å². The van der Waals surface area contributed by atoms with Crippen LogP contribution in [0, 0.1) is 5.92 Å². The SMILES string of the molecule is CN(CCCCI)c1c(NC(=O)C2CCCCCCCCCC2)cnc2ccccc12. The first-order valence-corrected chi connectivity index (χ1v) is 13.7. The van der Waals surface area contributed by atoms with Gasteiger partial charge in [0.25, 0.3) is 0 Å². The Balaban J connectivity index is 1.79. The molecule has 31 heavy (non-hydrogen) atoms. The zero-order valence-corrected chi connectivity index (χ0v) is 21.2. The number of amides is 1. The molecular weight excluding hydrogens is 497 g/mol. The highest BCUT2D eigenvalue weighted by atomic mass is 127. The van der Waals surface area contributed by atoms with Crippen LogP contribution in [0.2, 0.25) is 0 Å². The Bertz CT molecular complexity index is 813. The molecule has 1 saturated carbocycles. The summed E-state index contributed by atoms with van der Waals surface area (Å²) in [6.45, 7) is 0.976. The molecule has 0 saturated heterocycles. The van der Waals surface area contributed by atoms with Crippen molar-refractivity contribution < 1.29 is 4.79 Å². The third-order valence-corrected chi connectivity index (χ3v) is 7.25. The van der Waals surface area contributed by atoms with E-state index in [0.29, 0.717) is 0 Å². The molecule has 4 nitrogen and oxygen atoms in total. The first-order valence-electron chi connectivity index (χ1n) is 12.2. The normalized spacial score (nSPS) is 16.6. The number of fused-ring (bicyclic) bond motifs is 1. The number of nitrogens with one attached hydrogen (secondary N) is 1. The highest BCUT2D eigenvalue weighted by Gasteiger charge is 2.21. The lowest BCUT2D eigenvalue weighted by Crippen LogP contribution is -2.26. The predicted molar refractivity (Wildman–Crippen MR) is 141 cm³/mol. The fourth-order valence-electron chi connectivity index (χ4n) is 4.67. The molecule has 170 valence electrons. The van der Waals surface area contributed by atoms with E-state index in [1.165, 1.54) is 49.4 Å². The number of benzene rings is 1. The molecule has 1 aliphatic carbocycles. The number of para-hydroxylation sites is 1. The van der Waals surface area contributed by atoms with E-state index in [4.69, 9.17) is 0 Å². The van der Waals surface area contributed by atoms with Crippen molar-refractivity contribution in [3.63, 3.8) is 0 Å². The molecule has 0 radical (unpaired) electrons. The van der Waals surface area contributed by atoms with Gasteiger partial charge in [-0.2, -0.15) is 0 Å². The molecule has 0 bridgehead atoms. The van der Waals surface area contributed by atoms with Crippen LogP contribution in [0.4, 0.5) is 11.4 Å². The van der Waals surface area contributed by atoms with Gasteiger partial charge in [0.1, 0.15) is 0 Å². The third kappa shape index (κ3) is 7.33. The highest BCUT2D eigenvalue weighted by Crippen LogP contribution is 2.34. The fraction of sp³-hybridized carbons (Fsp3) is 0.615. The molecule has 1 heterocycles. The minimum atomic E-state index is 0.113. The summed E-state index contributed by atoms with van der Waals surface area (Å²) in [5.74, 6) is 0.292. The van der Waals surface area contributed by atoms with Crippen molar-refractivity contribution in [2.75, 3.05) is 28.2 Å². The molecule has 0 aliphatic heterocycles. The highest BCUT2D eigenvalue weighted by molar-refractivity contribution is 14.1. The average Bonchev–Trinajstić information content (AvgIpc) is 2.84. The molecule has 3 rings (SSSR count). The smallest absolute Gasteiger partial charge is 0.227 e. The van der Waals surface area contributed by atoms with E-state index in [9.17, 15) is 4.79 Å². The summed E-state index contributed by atoms with van der Waals surface area (Å²) in [7, 11) is 2.14. The van der Waals surface area contributed by atoms with Gasteiger partial charge in [0, 0.05) is 24.9 Å². The molecule has 1 aliphatic rings. The second-order valence-corrected chi connectivity index (χ2v) is 10.0. The Morgan fingerprint density at radius 2 is 1.68 bits per heavy atom. The number of aromatic nitrogens is 1. The van der Waals surface area contributed by atoms with Crippen LogP contribution < -0.4 is 10.2 Å². The van der Waals surface area contributed by atoms with Gasteiger partial charge in [-0.3, -0.25) is 9.78 Å². The monoisotopic (exact) mass is 535 g/mol. The van der Waals surface area contributed by atoms with Crippen molar-refractivity contribution in [1.29, 1.82) is 0 Å². The summed E-state index contributed by atoms with van der Waals surface area (Å²) >= 11 is 2.44. The first-order chi connectivity index (χ1) is 15.2. The van der Waals surface area contributed by atoms with E-state index in [-0.39, 0.29) is 11.8 Å². The van der Waals surface area contributed by atoms with Crippen LogP contribution in [0.1, 0.15) is 77.0 Å². The average molecular weight is 536 g/mol. The second-order valence-electron chi connectivity index (χ2n) is 8.95. The van der Waals surface area contributed by atoms with Crippen LogP contribution in [0.3, 0.4) is 0 Å². The molecule has 0 unspecified atom stereocenters. The van der Waals surface area contributed by atoms with Gasteiger partial charge in [-0.05, 0) is 36.2 Å². The maximum atomic E-state index is 13.3. The number of hydrogen-bond donors (Lipinski definition) is 1. The molecule has 1 N–H and O–H groups in total. The van der Waals surface area contributed by atoms with Crippen molar-refractivity contribution >= 4 is 50.8 Å². The number of carbonyl (C=O) groups excluding carboxylic acids is 1. The summed E-state index contributed by atoms with van der Waals surface area (Å²) < 4.78 is 1.17. The zero-order valence-electron chi connectivity index (χ0n) is 19.0. The maximum Gasteiger partial charge on any atom is 0.227 e. The van der Waals surface area contributed by atoms with Crippen LogP contribution in [0.15, 0.2) is 30.5 Å². The summed E-state index contributed by atoms with van der Waals surface area (Å²) in [6, 6.07) is 8.25. The van der Waals surface area contributed by atoms with Crippen molar-refractivity contribution in [2.45, 2.75) is 77.0 Å². The largest absolute Gasteiger partial charge is 0.372 e. The number of nitrogens with zero attached hydrogens (tertiary/aromatic N) is 2. The van der Waals surface area contributed by atoms with Gasteiger partial charge in [0.05, 0.1) is 23.1 Å². The van der Waals surface area contributed by atoms with E-state index in [1.807, 2.05) is 18.3 Å². The quantitative estimate of drug-likeness (QED) is 0.229. The van der Waals surface area contributed by atoms with Crippen molar-refractivity contribution in [1.82, 2.24) is 4.98 Å². The molecule has 2 aromatic rings.